The molecule has 0 unspecified atom stereocenters. The number of nitrogens with two attached hydrogens (primary N) is 2. The lowest BCUT2D eigenvalue weighted by molar-refractivity contribution is -0.142. The highest BCUT2D eigenvalue weighted by molar-refractivity contribution is 5.55. The summed E-state index contributed by atoms with van der Waals surface area (Å²) in [6, 6.07) is 0.0464. The van der Waals surface area contributed by atoms with Crippen LogP contribution in [0.3, 0.4) is 0 Å². The number of nitrogen functional groups attached to an aromatic ring is 2. The summed E-state index contributed by atoms with van der Waals surface area (Å²) < 4.78 is 185. The van der Waals surface area contributed by atoms with E-state index in [0.717, 1.165) is 0 Å². The molecule has 3 aromatic rings. The first-order chi connectivity index (χ1) is 17.2. The van der Waals surface area contributed by atoms with E-state index in [1.165, 1.54) is 0 Å². The fraction of sp³-hybridized carbons (Fsp3) is 0.143. The fourth-order valence-electron chi connectivity index (χ4n) is 3.03. The third-order valence-corrected chi connectivity index (χ3v) is 4.63. The second kappa shape index (κ2) is 9.36. The van der Waals surface area contributed by atoms with Crippen LogP contribution in [-0.4, -0.2) is 0 Å². The molecule has 0 aliphatic rings. The van der Waals surface area contributed by atoms with Crippen LogP contribution >= 0.6 is 0 Å². The number of hydrogen-bond acceptors (Lipinski definition) is 4. The minimum absolute atomic E-state index is 0.0719. The van der Waals surface area contributed by atoms with Crippen molar-refractivity contribution >= 4 is 11.4 Å². The van der Waals surface area contributed by atoms with Crippen LogP contribution < -0.4 is 20.9 Å². The monoisotopic (exact) mass is 568 g/mol. The van der Waals surface area contributed by atoms with Crippen molar-refractivity contribution in [2.75, 3.05) is 11.5 Å². The van der Waals surface area contributed by atoms with Crippen molar-refractivity contribution in [3.05, 3.63) is 70.3 Å². The Balaban J connectivity index is 2.20. The lowest BCUT2D eigenvalue weighted by atomic mass is 10.1. The van der Waals surface area contributed by atoms with Crippen molar-refractivity contribution in [3.63, 3.8) is 0 Å². The van der Waals surface area contributed by atoms with Crippen molar-refractivity contribution in [1.29, 1.82) is 0 Å². The van der Waals surface area contributed by atoms with Gasteiger partial charge in [-0.1, -0.05) is 0 Å². The molecule has 3 rings (SSSR count). The van der Waals surface area contributed by atoms with E-state index < -0.39 is 92.9 Å². The maximum absolute atomic E-state index is 15.1. The summed E-state index contributed by atoms with van der Waals surface area (Å²) in [6.45, 7) is 0. The van der Waals surface area contributed by atoms with Crippen molar-refractivity contribution in [2.24, 2.45) is 0 Å². The van der Waals surface area contributed by atoms with Gasteiger partial charge in [0.05, 0.1) is 22.5 Å². The summed E-state index contributed by atoms with van der Waals surface area (Å²) >= 11 is 0. The first-order valence-corrected chi connectivity index (χ1v) is 9.49. The molecule has 206 valence electrons. The summed E-state index contributed by atoms with van der Waals surface area (Å²) in [6.07, 6.45) is -16.6. The Morgan fingerprint density at radius 1 is 0.526 bits per heavy atom. The average Bonchev–Trinajstić information content (AvgIpc) is 2.73. The second-order valence-corrected chi connectivity index (χ2v) is 7.32. The van der Waals surface area contributed by atoms with Crippen LogP contribution in [0.25, 0.3) is 0 Å². The number of alkyl halides is 9. The predicted molar refractivity (Wildman–Crippen MR) is 103 cm³/mol. The van der Waals surface area contributed by atoms with Crippen LogP contribution in [0.5, 0.6) is 23.0 Å². The van der Waals surface area contributed by atoms with Gasteiger partial charge in [-0.2, -0.15) is 43.9 Å². The van der Waals surface area contributed by atoms with Crippen molar-refractivity contribution in [2.45, 2.75) is 18.5 Å². The Hall–Kier alpha value is -4.05. The Morgan fingerprint density at radius 3 is 1.34 bits per heavy atom. The molecule has 17 heteroatoms. The molecule has 3 aromatic carbocycles. The highest BCUT2D eigenvalue weighted by atomic mass is 19.4. The molecule has 0 atom stereocenters. The zero-order valence-electron chi connectivity index (χ0n) is 17.8. The first-order valence-electron chi connectivity index (χ1n) is 9.49. The largest absolute Gasteiger partial charge is 0.454 e. The Bertz CT molecular complexity index is 1400. The lowest BCUT2D eigenvalue weighted by Gasteiger charge is -2.19. The molecule has 4 nitrogen and oxygen atoms in total. The van der Waals surface area contributed by atoms with Gasteiger partial charge in [0.25, 0.3) is 0 Å². The molecule has 38 heavy (non-hydrogen) atoms. The molecule has 4 N–H and O–H groups in total. The van der Waals surface area contributed by atoms with Gasteiger partial charge in [0, 0.05) is 18.2 Å². The molecule has 0 aliphatic heterocycles. The summed E-state index contributed by atoms with van der Waals surface area (Å²) in [4.78, 5) is 0. The minimum atomic E-state index is -5.75. The molecule has 0 heterocycles. The maximum Gasteiger partial charge on any atom is 0.422 e. The van der Waals surface area contributed by atoms with E-state index in [1.807, 2.05) is 0 Å². The lowest BCUT2D eigenvalue weighted by Crippen LogP contribution is -2.14. The normalized spacial score (nSPS) is 12.6. The van der Waals surface area contributed by atoms with Gasteiger partial charge >= 0.3 is 18.5 Å². The number of anilines is 2. The van der Waals surface area contributed by atoms with Crippen molar-refractivity contribution in [3.8, 4) is 23.0 Å². The van der Waals surface area contributed by atoms with E-state index in [1.54, 1.807) is 0 Å². The van der Waals surface area contributed by atoms with Gasteiger partial charge < -0.3 is 20.9 Å². The van der Waals surface area contributed by atoms with Crippen molar-refractivity contribution in [1.82, 2.24) is 0 Å². The number of hydrogen-bond donors (Lipinski definition) is 2. The smallest absolute Gasteiger partial charge is 0.422 e. The molecule has 0 aliphatic carbocycles. The average molecular weight is 568 g/mol. The maximum atomic E-state index is 15.1. The van der Waals surface area contributed by atoms with E-state index in [-0.39, 0.29) is 24.3 Å². The van der Waals surface area contributed by atoms with E-state index in [0.29, 0.717) is 6.07 Å². The molecule has 0 radical (unpaired) electrons. The predicted octanol–water partition coefficient (Wildman–Crippen LogP) is 8.05. The van der Waals surface area contributed by atoms with Gasteiger partial charge in [-0.15, -0.1) is 0 Å². The van der Waals surface area contributed by atoms with Gasteiger partial charge in [0.2, 0.25) is 5.82 Å². The zero-order chi connectivity index (χ0) is 29.0. The Morgan fingerprint density at radius 2 is 0.947 bits per heavy atom. The van der Waals surface area contributed by atoms with Crippen LogP contribution in [0.2, 0.25) is 0 Å². The van der Waals surface area contributed by atoms with E-state index in [9.17, 15) is 52.7 Å². The number of benzene rings is 3. The van der Waals surface area contributed by atoms with Crippen LogP contribution in [0.15, 0.2) is 30.3 Å². The third-order valence-electron chi connectivity index (χ3n) is 4.63. The molecular formula is C21H9F13N2O2. The van der Waals surface area contributed by atoms with Gasteiger partial charge in [-0.3, -0.25) is 0 Å². The van der Waals surface area contributed by atoms with E-state index in [4.69, 9.17) is 11.5 Å². The highest BCUT2D eigenvalue weighted by Crippen LogP contribution is 2.47. The van der Waals surface area contributed by atoms with Gasteiger partial charge in [0.15, 0.2) is 23.1 Å². The van der Waals surface area contributed by atoms with Crippen LogP contribution in [0, 0.1) is 23.3 Å². The number of rotatable bonds is 4. The number of halogens is 13. The molecular weight excluding hydrogens is 559 g/mol. The zero-order valence-corrected chi connectivity index (χ0v) is 17.8. The molecule has 0 amide bonds. The summed E-state index contributed by atoms with van der Waals surface area (Å²) in [5.74, 6) is -14.8. The summed E-state index contributed by atoms with van der Waals surface area (Å²) in [5, 5.41) is 0. The Kier molecular flexibility index (Phi) is 7.02. The molecule has 0 saturated carbocycles. The van der Waals surface area contributed by atoms with E-state index in [2.05, 4.69) is 9.47 Å². The highest BCUT2D eigenvalue weighted by Gasteiger charge is 2.42. The van der Waals surface area contributed by atoms with Gasteiger partial charge in [-0.05, 0) is 12.1 Å². The van der Waals surface area contributed by atoms with Crippen molar-refractivity contribution < 1.29 is 66.5 Å². The first kappa shape index (κ1) is 28.5. The summed E-state index contributed by atoms with van der Waals surface area (Å²) in [5.41, 5.74) is 1.01. The topological polar surface area (TPSA) is 70.5 Å². The standard InChI is InChI=1S/C21H9F13N2O2/c22-10-5-13(37-6-1-8(19(26,27)28)15(23)11(35)3-6)17(25)18(14(10)21(32,33)34)38-7-2-9(20(29,30)31)16(24)12(36)4-7/h1-5H,35-36H2. The third kappa shape index (κ3) is 5.60. The minimum Gasteiger partial charge on any atom is -0.454 e. The molecule has 0 fully saturated rings. The van der Waals surface area contributed by atoms with Gasteiger partial charge in [0.1, 0.15) is 22.9 Å². The molecule has 0 bridgehead atoms. The Labute approximate surface area is 202 Å². The van der Waals surface area contributed by atoms with Crippen LogP contribution in [-0.2, 0) is 18.5 Å². The molecule has 0 saturated heterocycles. The second-order valence-electron chi connectivity index (χ2n) is 7.32. The fourth-order valence-corrected chi connectivity index (χ4v) is 3.03. The SMILES string of the molecule is Nc1cc(Oc2cc(F)c(C(F)(F)F)c(Oc3cc(N)c(F)c(C(F)(F)F)c3)c2F)cc(C(F)(F)F)c1F. The van der Waals surface area contributed by atoms with Crippen LogP contribution in [0.1, 0.15) is 16.7 Å². The van der Waals surface area contributed by atoms with Gasteiger partial charge in [-0.25, -0.2) is 13.2 Å². The molecule has 0 aromatic heterocycles. The van der Waals surface area contributed by atoms with Crippen LogP contribution in [0.4, 0.5) is 68.5 Å². The summed E-state index contributed by atoms with van der Waals surface area (Å²) in [7, 11) is 0. The molecule has 0 spiro atoms. The number of ether oxygens (including phenoxy) is 2. The van der Waals surface area contributed by atoms with E-state index >= 15 is 4.39 Å². The quantitative estimate of drug-likeness (QED) is 0.247.